The van der Waals surface area contributed by atoms with Crippen LogP contribution >= 0.6 is 11.6 Å². The first-order valence-corrected chi connectivity index (χ1v) is 17.5. The highest BCUT2D eigenvalue weighted by Gasteiger charge is 2.27. The second kappa shape index (κ2) is 13.9. The summed E-state index contributed by atoms with van der Waals surface area (Å²) in [6, 6.07) is 16.3. The first-order valence-electron chi connectivity index (χ1n) is 17.1. The highest BCUT2D eigenvalue weighted by Crippen LogP contribution is 2.38. The molecular formula is C38H43ClN8O2. The summed E-state index contributed by atoms with van der Waals surface area (Å²) in [4.78, 5) is 32.4. The highest BCUT2D eigenvalue weighted by atomic mass is 35.5. The Kier molecular flexibility index (Phi) is 9.39. The van der Waals surface area contributed by atoms with Gasteiger partial charge in [0.2, 0.25) is 0 Å². The number of carbonyl (C=O) groups excluding carboxylic acids is 1. The normalized spacial score (nSPS) is 17.3. The van der Waals surface area contributed by atoms with Crippen molar-refractivity contribution < 1.29 is 9.90 Å². The van der Waals surface area contributed by atoms with Gasteiger partial charge in [-0.3, -0.25) is 19.6 Å². The summed E-state index contributed by atoms with van der Waals surface area (Å²) in [5, 5.41) is 17.9. The lowest BCUT2D eigenvalue weighted by Gasteiger charge is -2.31. The molecule has 10 nitrogen and oxygen atoms in total. The zero-order valence-corrected chi connectivity index (χ0v) is 29.3. The van der Waals surface area contributed by atoms with Crippen molar-refractivity contribution in [3.8, 4) is 11.1 Å². The maximum atomic E-state index is 13.6. The molecule has 2 aromatic carbocycles. The van der Waals surface area contributed by atoms with Gasteiger partial charge in [0, 0.05) is 87.0 Å². The molecule has 5 heterocycles. The number of carbonyl (C=O) groups is 1. The SMILES string of the molecule is CCC(C)N1CCc2c(nc(C(=O)Nc3cccc(-c4cccc(Nc5nccc6cc(CN7CC[C@@H](O)C7)cnc56)c4C)c3Cl)n2C)C1. The molecule has 0 spiro atoms. The molecule has 2 aliphatic rings. The van der Waals surface area contributed by atoms with Crippen LogP contribution < -0.4 is 10.6 Å². The Hall–Kier alpha value is -4.35. The molecule has 0 bridgehead atoms. The third kappa shape index (κ3) is 6.66. The maximum absolute atomic E-state index is 13.6. The molecule has 1 saturated heterocycles. The summed E-state index contributed by atoms with van der Waals surface area (Å²) in [5.74, 6) is 0.768. The molecule has 7 rings (SSSR count). The van der Waals surface area contributed by atoms with E-state index in [2.05, 4.69) is 45.3 Å². The number of aliphatic hydroxyl groups excluding tert-OH is 1. The van der Waals surface area contributed by atoms with Gasteiger partial charge < -0.3 is 20.3 Å². The minimum atomic E-state index is -0.283. The highest BCUT2D eigenvalue weighted by molar-refractivity contribution is 6.36. The first-order chi connectivity index (χ1) is 23.7. The number of pyridine rings is 2. The van der Waals surface area contributed by atoms with E-state index in [4.69, 9.17) is 21.6 Å². The van der Waals surface area contributed by atoms with Crippen molar-refractivity contribution in [3.05, 3.63) is 94.3 Å². The van der Waals surface area contributed by atoms with Crippen molar-refractivity contribution >= 4 is 45.6 Å². The van der Waals surface area contributed by atoms with Crippen molar-refractivity contribution in [2.45, 2.75) is 65.3 Å². The number of benzene rings is 2. The Morgan fingerprint density at radius 3 is 2.67 bits per heavy atom. The van der Waals surface area contributed by atoms with Crippen LogP contribution in [0.2, 0.25) is 5.02 Å². The Morgan fingerprint density at radius 2 is 1.90 bits per heavy atom. The lowest BCUT2D eigenvalue weighted by Crippen LogP contribution is -2.37. The van der Waals surface area contributed by atoms with Crippen LogP contribution in [0.1, 0.15) is 59.8 Å². The molecule has 5 aromatic rings. The molecule has 3 N–H and O–H groups in total. The van der Waals surface area contributed by atoms with E-state index in [9.17, 15) is 9.90 Å². The van der Waals surface area contributed by atoms with E-state index in [0.29, 0.717) is 34.9 Å². The Labute approximate surface area is 292 Å². The number of nitrogens with zero attached hydrogens (tertiary/aromatic N) is 6. The van der Waals surface area contributed by atoms with Crippen LogP contribution in [0.5, 0.6) is 0 Å². The number of aliphatic hydroxyl groups is 1. The van der Waals surface area contributed by atoms with Crippen molar-refractivity contribution in [3.63, 3.8) is 0 Å². The number of rotatable bonds is 9. The summed E-state index contributed by atoms with van der Waals surface area (Å²) in [6.45, 7) is 10.5. The van der Waals surface area contributed by atoms with Gasteiger partial charge in [0.15, 0.2) is 11.6 Å². The van der Waals surface area contributed by atoms with Crippen LogP contribution in [0.3, 0.4) is 0 Å². The second-order valence-electron chi connectivity index (χ2n) is 13.3. The summed E-state index contributed by atoms with van der Waals surface area (Å²) >= 11 is 7.02. The van der Waals surface area contributed by atoms with E-state index in [-0.39, 0.29) is 12.0 Å². The van der Waals surface area contributed by atoms with Gasteiger partial charge in [-0.05, 0) is 67.6 Å². The predicted octanol–water partition coefficient (Wildman–Crippen LogP) is 6.71. The van der Waals surface area contributed by atoms with Crippen molar-refractivity contribution in [2.75, 3.05) is 30.3 Å². The number of fused-ring (bicyclic) bond motifs is 2. The molecule has 2 aliphatic heterocycles. The lowest BCUT2D eigenvalue weighted by atomic mass is 9.98. The van der Waals surface area contributed by atoms with Crippen LogP contribution in [0.25, 0.3) is 22.0 Å². The van der Waals surface area contributed by atoms with Gasteiger partial charge in [-0.1, -0.05) is 42.8 Å². The Morgan fingerprint density at radius 1 is 1.10 bits per heavy atom. The van der Waals surface area contributed by atoms with Crippen molar-refractivity contribution in [1.29, 1.82) is 0 Å². The molecule has 254 valence electrons. The summed E-state index contributed by atoms with van der Waals surface area (Å²) in [7, 11) is 1.92. The van der Waals surface area contributed by atoms with Crippen LogP contribution in [-0.4, -0.2) is 72.1 Å². The molecule has 49 heavy (non-hydrogen) atoms. The first kappa shape index (κ1) is 33.2. The van der Waals surface area contributed by atoms with Crippen molar-refractivity contribution in [2.24, 2.45) is 7.05 Å². The number of hydrogen-bond acceptors (Lipinski definition) is 8. The van der Waals surface area contributed by atoms with Gasteiger partial charge in [-0.15, -0.1) is 0 Å². The summed E-state index contributed by atoms with van der Waals surface area (Å²) < 4.78 is 1.92. The van der Waals surface area contributed by atoms with E-state index < -0.39 is 0 Å². The largest absolute Gasteiger partial charge is 0.392 e. The predicted molar refractivity (Wildman–Crippen MR) is 195 cm³/mol. The quantitative estimate of drug-likeness (QED) is 0.158. The standard InChI is InChI=1S/C38H43ClN8O2/c1-5-23(2)47-17-14-33-32(22-47)43-37(45(33)4)38(49)44-31-11-7-9-29(34(31)39)28-8-6-10-30(24(28)3)42-36-35-26(12-15-40-36)18-25(19-41-35)20-46-16-13-27(48)21-46/h6-12,15,18-19,23,27,48H,5,13-14,16-17,20-22H2,1-4H3,(H,40,42)(H,44,49)/t23?,27-/m1/s1. The van der Waals surface area contributed by atoms with E-state index in [0.717, 1.165) is 95.7 Å². The summed E-state index contributed by atoms with van der Waals surface area (Å²) in [6.07, 6.45) is 6.19. The number of anilines is 3. The van der Waals surface area contributed by atoms with E-state index >= 15 is 0 Å². The molecule has 0 saturated carbocycles. The van der Waals surface area contributed by atoms with Gasteiger partial charge in [-0.25, -0.2) is 9.97 Å². The minimum Gasteiger partial charge on any atom is -0.392 e. The van der Waals surface area contributed by atoms with E-state index in [1.165, 1.54) is 0 Å². The van der Waals surface area contributed by atoms with E-state index in [1.54, 1.807) is 6.20 Å². The molecule has 2 atom stereocenters. The molecule has 1 fully saturated rings. The average Bonchev–Trinajstić information content (AvgIpc) is 3.67. The molecular weight excluding hydrogens is 636 g/mol. The lowest BCUT2D eigenvalue weighted by molar-refractivity contribution is 0.101. The zero-order chi connectivity index (χ0) is 34.2. The number of amides is 1. The number of aromatic nitrogens is 4. The van der Waals surface area contributed by atoms with Gasteiger partial charge in [0.05, 0.1) is 22.5 Å². The topological polar surface area (TPSA) is 111 Å². The molecule has 11 heteroatoms. The Balaban J connectivity index is 1.11. The fraction of sp³-hybridized carbons (Fsp3) is 0.368. The number of likely N-dealkylation sites (tertiary alicyclic amines) is 1. The second-order valence-corrected chi connectivity index (χ2v) is 13.7. The minimum absolute atomic E-state index is 0.248. The third-order valence-electron chi connectivity index (χ3n) is 10.1. The monoisotopic (exact) mass is 678 g/mol. The number of hydrogen-bond donors (Lipinski definition) is 3. The van der Waals surface area contributed by atoms with Gasteiger partial charge in [0.1, 0.15) is 5.52 Å². The van der Waals surface area contributed by atoms with Gasteiger partial charge >= 0.3 is 0 Å². The number of nitrogens with one attached hydrogen (secondary N) is 2. The number of halogens is 1. The molecule has 3 aromatic heterocycles. The van der Waals surface area contributed by atoms with E-state index in [1.807, 2.05) is 67.2 Å². The Bertz CT molecular complexity index is 2030. The van der Waals surface area contributed by atoms with Crippen molar-refractivity contribution in [1.82, 2.24) is 29.3 Å². The smallest absolute Gasteiger partial charge is 0.291 e. The number of imidazole rings is 1. The van der Waals surface area contributed by atoms with Crippen LogP contribution in [0.4, 0.5) is 17.2 Å². The van der Waals surface area contributed by atoms with Crippen LogP contribution in [-0.2, 0) is 26.6 Å². The van der Waals surface area contributed by atoms with Crippen LogP contribution in [0, 0.1) is 6.92 Å². The van der Waals surface area contributed by atoms with Gasteiger partial charge in [0.25, 0.3) is 5.91 Å². The molecule has 1 unspecified atom stereocenters. The molecule has 0 radical (unpaired) electrons. The van der Waals surface area contributed by atoms with Crippen LogP contribution in [0.15, 0.2) is 60.9 Å². The zero-order valence-electron chi connectivity index (χ0n) is 28.5. The van der Waals surface area contributed by atoms with Gasteiger partial charge in [-0.2, -0.15) is 0 Å². The fourth-order valence-corrected chi connectivity index (χ4v) is 7.36. The summed E-state index contributed by atoms with van der Waals surface area (Å²) in [5.41, 5.74) is 8.11. The molecule has 0 aliphatic carbocycles. The average molecular weight is 679 g/mol. The maximum Gasteiger partial charge on any atom is 0.291 e. The third-order valence-corrected chi connectivity index (χ3v) is 10.5. The molecule has 1 amide bonds. The fourth-order valence-electron chi connectivity index (χ4n) is 7.09. The number of β-amino-alcohol motifs (C(OH)–C–C–N with tert-alkyl or cyclic N) is 1.